The first-order chi connectivity index (χ1) is 27.2. The zero-order valence-electron chi connectivity index (χ0n) is 29.9. The lowest BCUT2D eigenvalue weighted by atomic mass is 9.96. The fraction of sp³-hybridized carbons (Fsp3) is 0. The fourth-order valence-electron chi connectivity index (χ4n) is 7.42. The number of hydrogen-bond donors (Lipinski definition) is 0. The van der Waals surface area contributed by atoms with Crippen molar-refractivity contribution in [2.45, 2.75) is 0 Å². The third kappa shape index (κ3) is 6.41. The Balaban J connectivity index is 0.999. The van der Waals surface area contributed by atoms with Gasteiger partial charge >= 0.3 is 0 Å². The van der Waals surface area contributed by atoms with Gasteiger partial charge in [-0.2, -0.15) is 0 Å². The molecule has 0 spiro atoms. The van der Waals surface area contributed by atoms with Crippen LogP contribution in [-0.2, 0) is 0 Å². The number of rotatable bonds is 7. The molecule has 0 saturated carbocycles. The first kappa shape index (κ1) is 32.7. The highest BCUT2D eigenvalue weighted by molar-refractivity contribution is 7.26. The maximum absolute atomic E-state index is 5.32. The summed E-state index contributed by atoms with van der Waals surface area (Å²) in [6.07, 6.45) is 0. The summed E-state index contributed by atoms with van der Waals surface area (Å²) in [4.78, 5) is 10.6. The quantitative estimate of drug-likeness (QED) is 0.164. The van der Waals surface area contributed by atoms with Gasteiger partial charge in [-0.3, -0.25) is 0 Å². The summed E-state index contributed by atoms with van der Waals surface area (Å²) < 4.78 is 2.31. The van der Waals surface area contributed by atoms with Gasteiger partial charge in [0.25, 0.3) is 0 Å². The van der Waals surface area contributed by atoms with Gasteiger partial charge in [0.2, 0.25) is 0 Å². The zero-order valence-corrected chi connectivity index (χ0v) is 30.7. The predicted molar refractivity (Wildman–Crippen MR) is 233 cm³/mol. The van der Waals surface area contributed by atoms with Gasteiger partial charge in [-0.25, -0.2) is 9.97 Å². The second-order valence-electron chi connectivity index (χ2n) is 13.8. The molecule has 55 heavy (non-hydrogen) atoms. The molecule has 0 unspecified atom stereocenters. The summed E-state index contributed by atoms with van der Waals surface area (Å²) in [6, 6.07) is 73.4. The topological polar surface area (TPSA) is 25.8 Å². The third-order valence-corrected chi connectivity index (χ3v) is 11.5. The zero-order chi connectivity index (χ0) is 36.6. The van der Waals surface area contributed by atoms with Gasteiger partial charge in [0.15, 0.2) is 5.82 Å². The maximum Gasteiger partial charge on any atom is 0.160 e. The maximum atomic E-state index is 5.32. The molecule has 0 saturated heterocycles. The average Bonchev–Trinajstić information content (AvgIpc) is 3.66. The summed E-state index contributed by atoms with van der Waals surface area (Å²) in [5.74, 6) is 0.723. The van der Waals surface area contributed by atoms with Gasteiger partial charge in [0.1, 0.15) is 0 Å². The van der Waals surface area contributed by atoms with E-state index < -0.39 is 0 Å². The van der Waals surface area contributed by atoms with Crippen LogP contribution in [0.3, 0.4) is 0 Å². The Labute approximate surface area is 324 Å². The monoisotopic (exact) mass is 718 g/mol. The highest BCUT2D eigenvalue weighted by atomic mass is 32.1. The molecule has 0 atom stereocenters. The standard InChI is InChI=1S/C52H34N2S/c1-3-11-35(12-4-1)37-21-23-39(24-22-37)40-29-31-42(32-30-40)49-51-50(47-19-7-8-20-48(47)55-51)54-52(53-49)46-18-10-17-45(34-46)44-16-9-15-43(33-44)41-27-25-38(26-28-41)36-13-5-2-6-14-36/h1-34H. The number of hydrogen-bond acceptors (Lipinski definition) is 3. The largest absolute Gasteiger partial charge is 0.226 e. The molecular weight excluding hydrogens is 685 g/mol. The highest BCUT2D eigenvalue weighted by Gasteiger charge is 2.17. The number of benzene rings is 8. The third-order valence-electron chi connectivity index (χ3n) is 10.3. The number of thiophene rings is 1. The molecule has 0 amide bonds. The van der Waals surface area contributed by atoms with Crippen LogP contribution in [0.2, 0.25) is 0 Å². The van der Waals surface area contributed by atoms with Crippen LogP contribution in [0.5, 0.6) is 0 Å². The molecule has 2 nitrogen and oxygen atoms in total. The molecule has 2 heterocycles. The molecule has 0 aliphatic carbocycles. The summed E-state index contributed by atoms with van der Waals surface area (Å²) in [6.45, 7) is 0. The second kappa shape index (κ2) is 14.1. The van der Waals surface area contributed by atoms with Crippen molar-refractivity contribution in [3.8, 4) is 78.3 Å². The van der Waals surface area contributed by atoms with E-state index in [0.29, 0.717) is 0 Å². The van der Waals surface area contributed by atoms with Gasteiger partial charge in [0, 0.05) is 21.2 Å². The van der Waals surface area contributed by atoms with Crippen molar-refractivity contribution in [3.63, 3.8) is 0 Å². The Morgan fingerprint density at radius 3 is 1.22 bits per heavy atom. The van der Waals surface area contributed by atoms with Crippen molar-refractivity contribution in [3.05, 3.63) is 206 Å². The SMILES string of the molecule is c1ccc(-c2ccc(-c3ccc(-c4nc(-c5cccc(-c6cccc(-c7ccc(-c8ccccc8)cc7)c6)c5)nc5c4sc4ccccc45)cc3)cc2)cc1. The molecule has 0 aliphatic rings. The Hall–Kier alpha value is -6.94. The molecule has 0 radical (unpaired) electrons. The summed E-state index contributed by atoms with van der Waals surface area (Å²) >= 11 is 1.76. The minimum atomic E-state index is 0.723. The minimum Gasteiger partial charge on any atom is -0.226 e. The molecule has 8 aromatic carbocycles. The van der Waals surface area contributed by atoms with Gasteiger partial charge < -0.3 is 0 Å². The number of fused-ring (bicyclic) bond motifs is 3. The van der Waals surface area contributed by atoms with Crippen LogP contribution < -0.4 is 0 Å². The van der Waals surface area contributed by atoms with E-state index in [0.717, 1.165) is 49.4 Å². The van der Waals surface area contributed by atoms with Crippen molar-refractivity contribution in [1.82, 2.24) is 9.97 Å². The first-order valence-electron chi connectivity index (χ1n) is 18.6. The molecule has 0 fully saturated rings. The second-order valence-corrected chi connectivity index (χ2v) is 14.8. The highest BCUT2D eigenvalue weighted by Crippen LogP contribution is 2.40. The van der Waals surface area contributed by atoms with Gasteiger partial charge in [-0.1, -0.05) is 188 Å². The lowest BCUT2D eigenvalue weighted by molar-refractivity contribution is 1.24. The van der Waals surface area contributed by atoms with Crippen molar-refractivity contribution in [2.24, 2.45) is 0 Å². The predicted octanol–water partition coefficient (Wildman–Crippen LogP) is 14.5. The van der Waals surface area contributed by atoms with Crippen LogP contribution in [0, 0.1) is 0 Å². The molecule has 2 aromatic heterocycles. The van der Waals surface area contributed by atoms with Crippen LogP contribution in [0.1, 0.15) is 0 Å². The average molecular weight is 719 g/mol. The Bertz CT molecular complexity index is 2930. The van der Waals surface area contributed by atoms with Crippen molar-refractivity contribution >= 4 is 31.6 Å². The summed E-state index contributed by atoms with van der Waals surface area (Å²) in [5, 5.41) is 1.16. The molecule has 258 valence electrons. The molecule has 0 bridgehead atoms. The van der Waals surface area contributed by atoms with E-state index in [1.165, 1.54) is 49.2 Å². The van der Waals surface area contributed by atoms with Crippen LogP contribution in [0.15, 0.2) is 206 Å². The Kier molecular flexibility index (Phi) is 8.40. The molecule has 3 heteroatoms. The van der Waals surface area contributed by atoms with Crippen LogP contribution in [0.25, 0.3) is 98.6 Å². The van der Waals surface area contributed by atoms with Crippen molar-refractivity contribution in [2.75, 3.05) is 0 Å². The van der Waals surface area contributed by atoms with E-state index in [2.05, 4.69) is 206 Å². The van der Waals surface area contributed by atoms with E-state index >= 15 is 0 Å². The molecule has 10 aromatic rings. The number of aromatic nitrogens is 2. The molecule has 0 aliphatic heterocycles. The summed E-state index contributed by atoms with van der Waals surface area (Å²) in [5.41, 5.74) is 15.9. The van der Waals surface area contributed by atoms with E-state index in [1.807, 2.05) is 0 Å². The van der Waals surface area contributed by atoms with Crippen molar-refractivity contribution < 1.29 is 0 Å². The first-order valence-corrected chi connectivity index (χ1v) is 19.4. The number of nitrogens with zero attached hydrogens (tertiary/aromatic N) is 2. The van der Waals surface area contributed by atoms with E-state index in [4.69, 9.17) is 9.97 Å². The van der Waals surface area contributed by atoms with Crippen LogP contribution in [0.4, 0.5) is 0 Å². The lowest BCUT2D eigenvalue weighted by Gasteiger charge is -2.11. The van der Waals surface area contributed by atoms with Gasteiger partial charge in [0.05, 0.1) is 15.9 Å². The fourth-order valence-corrected chi connectivity index (χ4v) is 8.58. The molecule has 0 N–H and O–H groups in total. The smallest absolute Gasteiger partial charge is 0.160 e. The van der Waals surface area contributed by atoms with Crippen LogP contribution >= 0.6 is 11.3 Å². The molecule has 10 rings (SSSR count). The minimum absolute atomic E-state index is 0.723. The van der Waals surface area contributed by atoms with Gasteiger partial charge in [-0.05, 0) is 73.8 Å². The normalized spacial score (nSPS) is 11.3. The van der Waals surface area contributed by atoms with Crippen molar-refractivity contribution in [1.29, 1.82) is 0 Å². The van der Waals surface area contributed by atoms with Crippen LogP contribution in [-0.4, -0.2) is 9.97 Å². The Morgan fingerprint density at radius 2 is 0.673 bits per heavy atom. The van der Waals surface area contributed by atoms with E-state index in [-0.39, 0.29) is 0 Å². The Morgan fingerprint density at radius 1 is 0.291 bits per heavy atom. The lowest BCUT2D eigenvalue weighted by Crippen LogP contribution is -1.94. The summed E-state index contributed by atoms with van der Waals surface area (Å²) in [7, 11) is 0. The van der Waals surface area contributed by atoms with Gasteiger partial charge in [-0.15, -0.1) is 11.3 Å². The van der Waals surface area contributed by atoms with E-state index in [9.17, 15) is 0 Å². The van der Waals surface area contributed by atoms with E-state index in [1.54, 1.807) is 11.3 Å². The molecular formula is C52H34N2S.